The maximum atomic E-state index is 12.1. The normalized spacial score (nSPS) is 11.8. The Bertz CT molecular complexity index is 610. The van der Waals surface area contributed by atoms with Gasteiger partial charge < -0.3 is 15.4 Å². The number of aliphatic carboxylic acids is 1. The molecule has 0 bridgehead atoms. The summed E-state index contributed by atoms with van der Waals surface area (Å²) < 4.78 is 0. The van der Waals surface area contributed by atoms with Crippen molar-refractivity contribution in [2.45, 2.75) is 19.4 Å². The fraction of sp³-hybridized carbons (Fsp3) is 0.231. The molecule has 1 atom stereocenters. The lowest BCUT2D eigenvalue weighted by Gasteiger charge is -2.14. The number of carbonyl (C=O) groups is 2. The van der Waals surface area contributed by atoms with E-state index in [9.17, 15) is 14.7 Å². The second-order valence-corrected chi connectivity index (χ2v) is 4.28. The predicted octanol–water partition coefficient (Wildman–Crippen LogP) is 0.539. The van der Waals surface area contributed by atoms with E-state index in [4.69, 9.17) is 0 Å². The molecule has 20 heavy (non-hydrogen) atoms. The van der Waals surface area contributed by atoms with Crippen LogP contribution in [0.15, 0.2) is 30.9 Å². The number of H-pyrrole nitrogens is 1. The minimum absolute atomic E-state index is 0.139. The van der Waals surface area contributed by atoms with E-state index in [2.05, 4.69) is 20.3 Å². The fourth-order valence-electron chi connectivity index (χ4n) is 1.78. The van der Waals surface area contributed by atoms with E-state index >= 15 is 0 Å². The molecule has 0 aliphatic carbocycles. The van der Waals surface area contributed by atoms with Gasteiger partial charge in [-0.1, -0.05) is 0 Å². The average molecular weight is 274 g/mol. The summed E-state index contributed by atoms with van der Waals surface area (Å²) in [5.74, 6) is -1.56. The van der Waals surface area contributed by atoms with Crippen LogP contribution in [-0.2, 0) is 11.2 Å². The first kappa shape index (κ1) is 13.7. The summed E-state index contributed by atoms with van der Waals surface area (Å²) in [4.78, 5) is 33.9. The zero-order valence-corrected chi connectivity index (χ0v) is 10.8. The first-order valence-electron chi connectivity index (χ1n) is 6.00. The molecule has 0 radical (unpaired) electrons. The summed E-state index contributed by atoms with van der Waals surface area (Å²) in [5.41, 5.74) is 1.56. The molecule has 7 heteroatoms. The van der Waals surface area contributed by atoms with Crippen LogP contribution < -0.4 is 5.32 Å². The number of rotatable bonds is 5. The van der Waals surface area contributed by atoms with E-state index in [1.54, 1.807) is 25.3 Å². The Kier molecular flexibility index (Phi) is 4.09. The molecule has 2 rings (SSSR count). The number of pyridine rings is 1. The highest BCUT2D eigenvalue weighted by Crippen LogP contribution is 2.05. The molecular formula is C13H14N4O3. The van der Waals surface area contributed by atoms with Crippen LogP contribution in [0, 0.1) is 6.92 Å². The molecule has 104 valence electrons. The molecule has 0 saturated heterocycles. The Morgan fingerprint density at radius 1 is 1.50 bits per heavy atom. The van der Waals surface area contributed by atoms with Crippen LogP contribution >= 0.6 is 0 Å². The molecule has 0 saturated carbocycles. The third-order valence-corrected chi connectivity index (χ3v) is 2.83. The maximum Gasteiger partial charge on any atom is 0.326 e. The highest BCUT2D eigenvalue weighted by molar-refractivity contribution is 5.97. The van der Waals surface area contributed by atoms with E-state index < -0.39 is 17.9 Å². The zero-order chi connectivity index (χ0) is 14.5. The quantitative estimate of drug-likeness (QED) is 0.737. The average Bonchev–Trinajstić information content (AvgIpc) is 2.91. The van der Waals surface area contributed by atoms with Crippen LogP contribution in [0.2, 0.25) is 0 Å². The van der Waals surface area contributed by atoms with Crippen LogP contribution in [0.5, 0.6) is 0 Å². The lowest BCUT2D eigenvalue weighted by Crippen LogP contribution is -2.42. The number of hydrogen-bond acceptors (Lipinski definition) is 4. The maximum absolute atomic E-state index is 12.1. The minimum Gasteiger partial charge on any atom is -0.480 e. The number of aryl methyl sites for hydroxylation is 1. The van der Waals surface area contributed by atoms with Gasteiger partial charge in [0, 0.05) is 30.2 Å². The summed E-state index contributed by atoms with van der Waals surface area (Å²) in [6, 6.07) is 2.21. The molecule has 2 aromatic heterocycles. The van der Waals surface area contributed by atoms with Crippen molar-refractivity contribution in [1.82, 2.24) is 20.3 Å². The van der Waals surface area contributed by atoms with Crippen molar-refractivity contribution in [2.24, 2.45) is 0 Å². The lowest BCUT2D eigenvalue weighted by molar-refractivity contribution is -0.139. The van der Waals surface area contributed by atoms with E-state index in [0.717, 1.165) is 0 Å². The third-order valence-electron chi connectivity index (χ3n) is 2.83. The van der Waals surface area contributed by atoms with Crippen molar-refractivity contribution in [3.8, 4) is 0 Å². The molecule has 0 unspecified atom stereocenters. The summed E-state index contributed by atoms with van der Waals surface area (Å²) in [7, 11) is 0. The van der Waals surface area contributed by atoms with E-state index in [0.29, 0.717) is 17.0 Å². The Balaban J connectivity index is 2.10. The van der Waals surface area contributed by atoms with Gasteiger partial charge in [0.15, 0.2) is 0 Å². The van der Waals surface area contributed by atoms with Crippen LogP contribution in [0.1, 0.15) is 21.7 Å². The van der Waals surface area contributed by atoms with Crippen LogP contribution in [0.3, 0.4) is 0 Å². The highest BCUT2D eigenvalue weighted by atomic mass is 16.4. The monoisotopic (exact) mass is 274 g/mol. The number of carboxylic acid groups (broad SMARTS) is 1. The molecule has 1 amide bonds. The Morgan fingerprint density at radius 2 is 2.30 bits per heavy atom. The van der Waals surface area contributed by atoms with Crippen molar-refractivity contribution in [3.63, 3.8) is 0 Å². The molecule has 0 spiro atoms. The van der Waals surface area contributed by atoms with Gasteiger partial charge in [0.2, 0.25) is 0 Å². The number of carbonyl (C=O) groups excluding carboxylic acids is 1. The number of hydrogen-bond donors (Lipinski definition) is 3. The SMILES string of the molecule is Cc1ncccc1C(=O)N[C@H](Cc1cnc[nH]1)C(=O)O. The van der Waals surface area contributed by atoms with Gasteiger partial charge in [-0.15, -0.1) is 0 Å². The van der Waals surface area contributed by atoms with Gasteiger partial charge in [-0.3, -0.25) is 9.78 Å². The minimum atomic E-state index is -1.10. The zero-order valence-electron chi connectivity index (χ0n) is 10.8. The number of amides is 1. The number of aromatic nitrogens is 3. The molecule has 0 aliphatic rings. The highest BCUT2D eigenvalue weighted by Gasteiger charge is 2.22. The largest absolute Gasteiger partial charge is 0.480 e. The standard InChI is InChI=1S/C13H14N4O3/c1-8-10(3-2-4-15-8)12(18)17-11(13(19)20)5-9-6-14-7-16-9/h2-4,6-7,11H,5H2,1H3,(H,14,16)(H,17,18)(H,19,20)/t11-/m1/s1. The van der Waals surface area contributed by atoms with E-state index in [1.165, 1.54) is 12.5 Å². The van der Waals surface area contributed by atoms with Crippen LogP contribution in [0.25, 0.3) is 0 Å². The van der Waals surface area contributed by atoms with Gasteiger partial charge in [-0.25, -0.2) is 9.78 Å². The number of carboxylic acids is 1. The molecule has 3 N–H and O–H groups in total. The van der Waals surface area contributed by atoms with Gasteiger partial charge in [-0.05, 0) is 19.1 Å². The smallest absolute Gasteiger partial charge is 0.326 e. The second kappa shape index (κ2) is 5.96. The molecule has 2 aromatic rings. The third kappa shape index (κ3) is 3.19. The summed E-state index contributed by atoms with van der Waals surface area (Å²) in [6.45, 7) is 1.69. The number of aromatic amines is 1. The van der Waals surface area contributed by atoms with Crippen molar-refractivity contribution in [1.29, 1.82) is 0 Å². The van der Waals surface area contributed by atoms with Gasteiger partial charge in [0.1, 0.15) is 6.04 Å². The van der Waals surface area contributed by atoms with Gasteiger partial charge in [0.25, 0.3) is 5.91 Å². The van der Waals surface area contributed by atoms with Crippen molar-refractivity contribution in [3.05, 3.63) is 47.8 Å². The number of nitrogens with zero attached hydrogens (tertiary/aromatic N) is 2. The van der Waals surface area contributed by atoms with Crippen molar-refractivity contribution >= 4 is 11.9 Å². The first-order valence-corrected chi connectivity index (χ1v) is 6.00. The van der Waals surface area contributed by atoms with E-state index in [-0.39, 0.29) is 6.42 Å². The van der Waals surface area contributed by atoms with Gasteiger partial charge in [0.05, 0.1) is 11.9 Å². The summed E-state index contributed by atoms with van der Waals surface area (Å²) in [6.07, 6.45) is 4.70. The van der Waals surface area contributed by atoms with E-state index in [1.807, 2.05) is 0 Å². The Hall–Kier alpha value is -2.70. The lowest BCUT2D eigenvalue weighted by atomic mass is 10.1. The van der Waals surface area contributed by atoms with Gasteiger partial charge in [-0.2, -0.15) is 0 Å². The molecule has 0 aromatic carbocycles. The van der Waals surface area contributed by atoms with Crippen molar-refractivity contribution in [2.75, 3.05) is 0 Å². The first-order chi connectivity index (χ1) is 9.58. The predicted molar refractivity (Wildman–Crippen MR) is 70.2 cm³/mol. The summed E-state index contributed by atoms with van der Waals surface area (Å²) in [5, 5.41) is 11.7. The Morgan fingerprint density at radius 3 is 2.90 bits per heavy atom. The number of imidazole rings is 1. The van der Waals surface area contributed by atoms with Crippen molar-refractivity contribution < 1.29 is 14.7 Å². The molecule has 0 fully saturated rings. The molecule has 7 nitrogen and oxygen atoms in total. The van der Waals surface area contributed by atoms with Crippen LogP contribution in [0.4, 0.5) is 0 Å². The number of nitrogens with one attached hydrogen (secondary N) is 2. The second-order valence-electron chi connectivity index (χ2n) is 4.28. The van der Waals surface area contributed by atoms with Gasteiger partial charge >= 0.3 is 5.97 Å². The summed E-state index contributed by atoms with van der Waals surface area (Å²) >= 11 is 0. The molecular weight excluding hydrogens is 260 g/mol. The fourth-order valence-corrected chi connectivity index (χ4v) is 1.78. The molecule has 0 aliphatic heterocycles. The Labute approximate surface area is 115 Å². The molecule has 2 heterocycles. The van der Waals surface area contributed by atoms with Crippen LogP contribution in [-0.4, -0.2) is 38.0 Å². The topological polar surface area (TPSA) is 108 Å².